The third-order valence-electron chi connectivity index (χ3n) is 3.14. The molecule has 0 radical (unpaired) electrons. The first-order valence-electron chi connectivity index (χ1n) is 6.70. The zero-order valence-corrected chi connectivity index (χ0v) is 11.9. The number of hydrogen-bond acceptors (Lipinski definition) is 4. The first kappa shape index (κ1) is 15.2. The van der Waals surface area contributed by atoms with E-state index >= 15 is 0 Å². The SMILES string of the molecule is COCc1ccc(CNCc2ccc([N+](=O)[O-])cc2)cc1. The molecule has 5 nitrogen and oxygen atoms in total. The molecule has 0 saturated heterocycles. The average Bonchev–Trinajstić information content (AvgIpc) is 2.50. The van der Waals surface area contributed by atoms with E-state index in [9.17, 15) is 10.1 Å². The van der Waals surface area contributed by atoms with E-state index in [0.717, 1.165) is 17.7 Å². The first-order valence-corrected chi connectivity index (χ1v) is 6.70. The summed E-state index contributed by atoms with van der Waals surface area (Å²) in [5.74, 6) is 0. The molecule has 110 valence electrons. The zero-order valence-electron chi connectivity index (χ0n) is 11.9. The minimum atomic E-state index is -0.390. The Balaban J connectivity index is 1.82. The summed E-state index contributed by atoms with van der Waals surface area (Å²) in [6.45, 7) is 2.05. The lowest BCUT2D eigenvalue weighted by atomic mass is 10.1. The average molecular weight is 286 g/mol. The topological polar surface area (TPSA) is 64.4 Å². The molecule has 0 aliphatic rings. The summed E-state index contributed by atoms with van der Waals surface area (Å²) in [5, 5.41) is 13.9. The van der Waals surface area contributed by atoms with Gasteiger partial charge < -0.3 is 10.1 Å². The number of methoxy groups -OCH3 is 1. The van der Waals surface area contributed by atoms with E-state index in [1.165, 1.54) is 17.7 Å². The monoisotopic (exact) mass is 286 g/mol. The number of nitro groups is 1. The molecule has 1 N–H and O–H groups in total. The van der Waals surface area contributed by atoms with Gasteiger partial charge in [0, 0.05) is 32.3 Å². The normalized spacial score (nSPS) is 10.5. The lowest BCUT2D eigenvalue weighted by Crippen LogP contribution is -2.12. The van der Waals surface area contributed by atoms with Crippen molar-refractivity contribution in [2.75, 3.05) is 7.11 Å². The molecule has 0 unspecified atom stereocenters. The smallest absolute Gasteiger partial charge is 0.269 e. The van der Waals surface area contributed by atoms with Crippen LogP contribution in [0.15, 0.2) is 48.5 Å². The molecule has 0 heterocycles. The molecule has 0 fully saturated rings. The molecule has 0 saturated carbocycles. The van der Waals surface area contributed by atoms with Gasteiger partial charge in [-0.2, -0.15) is 0 Å². The number of rotatable bonds is 7. The number of non-ortho nitro benzene ring substituents is 1. The molecule has 0 aromatic heterocycles. The Kier molecular flexibility index (Phi) is 5.43. The number of benzene rings is 2. The summed E-state index contributed by atoms with van der Waals surface area (Å²) in [6.07, 6.45) is 0. The van der Waals surface area contributed by atoms with E-state index in [0.29, 0.717) is 13.2 Å². The van der Waals surface area contributed by atoms with Crippen LogP contribution < -0.4 is 5.32 Å². The van der Waals surface area contributed by atoms with Gasteiger partial charge in [0.1, 0.15) is 0 Å². The van der Waals surface area contributed by atoms with Crippen LogP contribution in [0.4, 0.5) is 5.69 Å². The number of nitro benzene ring substituents is 1. The van der Waals surface area contributed by atoms with Crippen LogP contribution in [0, 0.1) is 10.1 Å². The molecule has 21 heavy (non-hydrogen) atoms. The highest BCUT2D eigenvalue weighted by Crippen LogP contribution is 2.12. The second-order valence-electron chi connectivity index (χ2n) is 4.78. The Hall–Kier alpha value is -2.24. The number of nitrogens with one attached hydrogen (secondary N) is 1. The first-order chi connectivity index (χ1) is 10.2. The molecule has 2 rings (SSSR count). The van der Waals surface area contributed by atoms with Gasteiger partial charge in [0.2, 0.25) is 0 Å². The summed E-state index contributed by atoms with van der Waals surface area (Å²) >= 11 is 0. The zero-order chi connectivity index (χ0) is 15.1. The van der Waals surface area contributed by atoms with Crippen LogP contribution in [0.25, 0.3) is 0 Å². The molecule has 0 amide bonds. The quantitative estimate of drug-likeness (QED) is 0.627. The lowest BCUT2D eigenvalue weighted by molar-refractivity contribution is -0.384. The predicted molar refractivity (Wildman–Crippen MR) is 80.8 cm³/mol. The molecular formula is C16H18N2O3. The molecule has 0 spiro atoms. The molecule has 0 bridgehead atoms. The molecule has 0 aliphatic heterocycles. The number of nitrogens with zero attached hydrogens (tertiary/aromatic N) is 1. The molecule has 2 aromatic carbocycles. The minimum absolute atomic E-state index is 0.118. The fraction of sp³-hybridized carbons (Fsp3) is 0.250. The van der Waals surface area contributed by atoms with Crippen LogP contribution in [0.2, 0.25) is 0 Å². The Morgan fingerprint density at radius 3 is 1.90 bits per heavy atom. The van der Waals surface area contributed by atoms with Crippen LogP contribution in [0.5, 0.6) is 0 Å². The van der Waals surface area contributed by atoms with Gasteiger partial charge in [-0.25, -0.2) is 0 Å². The van der Waals surface area contributed by atoms with E-state index in [2.05, 4.69) is 17.4 Å². The van der Waals surface area contributed by atoms with Crippen molar-refractivity contribution in [1.29, 1.82) is 0 Å². The third kappa shape index (κ3) is 4.66. The van der Waals surface area contributed by atoms with Crippen molar-refractivity contribution in [3.63, 3.8) is 0 Å². The highest BCUT2D eigenvalue weighted by atomic mass is 16.6. The summed E-state index contributed by atoms with van der Waals surface area (Å²) in [6, 6.07) is 14.8. The van der Waals surface area contributed by atoms with Crippen molar-refractivity contribution >= 4 is 5.69 Å². The van der Waals surface area contributed by atoms with Crippen LogP contribution in [-0.4, -0.2) is 12.0 Å². The molecule has 5 heteroatoms. The highest BCUT2D eigenvalue weighted by Gasteiger charge is 2.03. The molecule has 0 aliphatic carbocycles. The van der Waals surface area contributed by atoms with Crippen molar-refractivity contribution in [3.05, 3.63) is 75.3 Å². The summed E-state index contributed by atoms with van der Waals surface area (Å²) in [7, 11) is 1.68. The number of hydrogen-bond donors (Lipinski definition) is 1. The maximum Gasteiger partial charge on any atom is 0.269 e. The van der Waals surface area contributed by atoms with Gasteiger partial charge in [-0.1, -0.05) is 36.4 Å². The number of ether oxygens (including phenoxy) is 1. The fourth-order valence-electron chi connectivity index (χ4n) is 2.01. The second kappa shape index (κ2) is 7.52. The van der Waals surface area contributed by atoms with E-state index in [1.54, 1.807) is 19.2 Å². The maximum absolute atomic E-state index is 10.6. The summed E-state index contributed by atoms with van der Waals surface area (Å²) in [4.78, 5) is 10.2. The van der Waals surface area contributed by atoms with Crippen molar-refractivity contribution in [3.8, 4) is 0 Å². The Morgan fingerprint density at radius 2 is 1.43 bits per heavy atom. The van der Waals surface area contributed by atoms with Gasteiger partial charge in [0.25, 0.3) is 5.69 Å². The van der Waals surface area contributed by atoms with Gasteiger partial charge in [-0.15, -0.1) is 0 Å². The Bertz CT molecular complexity index is 579. The summed E-state index contributed by atoms with van der Waals surface area (Å²) in [5.41, 5.74) is 3.48. The molecule has 0 atom stereocenters. The Morgan fingerprint density at radius 1 is 0.952 bits per heavy atom. The maximum atomic E-state index is 10.6. The van der Waals surface area contributed by atoms with Crippen molar-refractivity contribution in [1.82, 2.24) is 5.32 Å². The van der Waals surface area contributed by atoms with Crippen molar-refractivity contribution < 1.29 is 9.66 Å². The van der Waals surface area contributed by atoms with E-state index in [1.807, 2.05) is 12.1 Å². The van der Waals surface area contributed by atoms with Gasteiger partial charge in [-0.3, -0.25) is 10.1 Å². The third-order valence-corrected chi connectivity index (χ3v) is 3.14. The summed E-state index contributed by atoms with van der Waals surface area (Å²) < 4.78 is 5.07. The van der Waals surface area contributed by atoms with Crippen molar-refractivity contribution in [2.45, 2.75) is 19.7 Å². The van der Waals surface area contributed by atoms with Crippen LogP contribution in [-0.2, 0) is 24.4 Å². The minimum Gasteiger partial charge on any atom is -0.380 e. The predicted octanol–water partition coefficient (Wildman–Crippen LogP) is 3.03. The molecule has 2 aromatic rings. The standard InChI is InChI=1S/C16H18N2O3/c1-21-12-15-4-2-13(3-5-15)10-17-11-14-6-8-16(9-7-14)18(19)20/h2-9,17H,10-12H2,1H3. The van der Waals surface area contributed by atoms with Crippen LogP contribution >= 0.6 is 0 Å². The lowest BCUT2D eigenvalue weighted by Gasteiger charge is -2.06. The largest absolute Gasteiger partial charge is 0.380 e. The van der Waals surface area contributed by atoms with E-state index in [-0.39, 0.29) is 5.69 Å². The van der Waals surface area contributed by atoms with E-state index in [4.69, 9.17) is 4.74 Å². The fourth-order valence-corrected chi connectivity index (χ4v) is 2.01. The van der Waals surface area contributed by atoms with E-state index < -0.39 is 4.92 Å². The van der Waals surface area contributed by atoms with Gasteiger partial charge in [-0.05, 0) is 16.7 Å². The Labute approximate surface area is 123 Å². The second-order valence-corrected chi connectivity index (χ2v) is 4.78. The van der Waals surface area contributed by atoms with Gasteiger partial charge in [0.15, 0.2) is 0 Å². The van der Waals surface area contributed by atoms with Crippen LogP contribution in [0.1, 0.15) is 16.7 Å². The molecular weight excluding hydrogens is 268 g/mol. The van der Waals surface area contributed by atoms with Crippen LogP contribution in [0.3, 0.4) is 0 Å². The van der Waals surface area contributed by atoms with Crippen molar-refractivity contribution in [2.24, 2.45) is 0 Å². The van der Waals surface area contributed by atoms with Gasteiger partial charge >= 0.3 is 0 Å². The highest BCUT2D eigenvalue weighted by molar-refractivity contribution is 5.32. The van der Waals surface area contributed by atoms with Gasteiger partial charge in [0.05, 0.1) is 11.5 Å².